The summed E-state index contributed by atoms with van der Waals surface area (Å²) in [4.78, 5) is 0. The third kappa shape index (κ3) is 4.77. The Kier molecular flexibility index (Phi) is 5.50. The minimum absolute atomic E-state index is 0.188. The van der Waals surface area contributed by atoms with E-state index in [4.69, 9.17) is 5.11 Å². The highest BCUT2D eigenvalue weighted by molar-refractivity contribution is 5.22. The summed E-state index contributed by atoms with van der Waals surface area (Å²) in [7, 11) is 0. The van der Waals surface area contributed by atoms with Gasteiger partial charge in [-0.05, 0) is 39.2 Å². The van der Waals surface area contributed by atoms with Crippen LogP contribution in [0.5, 0.6) is 0 Å². The average molecular weight is 221 g/mol. The smallest absolute Gasteiger partial charge is 0.0582 e. The van der Waals surface area contributed by atoms with Gasteiger partial charge in [0.05, 0.1) is 6.61 Å². The van der Waals surface area contributed by atoms with E-state index in [9.17, 15) is 0 Å². The molecule has 0 fully saturated rings. The van der Waals surface area contributed by atoms with Crippen molar-refractivity contribution in [3.05, 3.63) is 35.4 Å². The summed E-state index contributed by atoms with van der Waals surface area (Å²) in [5, 5.41) is 12.3. The van der Waals surface area contributed by atoms with Gasteiger partial charge < -0.3 is 10.4 Å². The largest absolute Gasteiger partial charge is 0.395 e. The second kappa shape index (κ2) is 6.66. The zero-order chi connectivity index (χ0) is 12.0. The normalized spacial score (nSPS) is 14.8. The first kappa shape index (κ1) is 13.2. The molecule has 1 aromatic rings. The fourth-order valence-corrected chi connectivity index (χ4v) is 1.87. The molecule has 2 N–H and O–H groups in total. The number of rotatable bonds is 6. The van der Waals surface area contributed by atoms with Crippen molar-refractivity contribution in [2.75, 3.05) is 6.61 Å². The summed E-state index contributed by atoms with van der Waals surface area (Å²) in [5.41, 5.74) is 2.71. The first-order valence-corrected chi connectivity index (χ1v) is 6.04. The van der Waals surface area contributed by atoms with Crippen molar-refractivity contribution in [3.63, 3.8) is 0 Å². The number of nitrogens with one attached hydrogen (secondary N) is 1. The molecule has 0 saturated heterocycles. The number of aliphatic hydroxyl groups excluding tert-OH is 1. The minimum atomic E-state index is 0.188. The van der Waals surface area contributed by atoms with Crippen LogP contribution in [0.4, 0.5) is 0 Å². The monoisotopic (exact) mass is 221 g/mol. The highest BCUT2D eigenvalue weighted by Gasteiger charge is 2.06. The van der Waals surface area contributed by atoms with Crippen molar-refractivity contribution < 1.29 is 5.11 Å². The highest BCUT2D eigenvalue weighted by Crippen LogP contribution is 2.08. The maximum atomic E-state index is 8.94. The molecule has 0 heterocycles. The Bertz CT molecular complexity index is 311. The van der Waals surface area contributed by atoms with Gasteiger partial charge in [0.15, 0.2) is 0 Å². The summed E-state index contributed by atoms with van der Waals surface area (Å²) >= 11 is 0. The standard InChI is InChI=1S/C14H23NO/c1-11-5-4-6-14(9-11)8-7-12(2)15-13(3)10-16/h4-6,9,12-13,15-16H,7-8,10H2,1-3H3. The van der Waals surface area contributed by atoms with Gasteiger partial charge in [0.1, 0.15) is 0 Å². The second-order valence-electron chi connectivity index (χ2n) is 4.68. The van der Waals surface area contributed by atoms with Crippen LogP contribution < -0.4 is 5.32 Å². The maximum Gasteiger partial charge on any atom is 0.0582 e. The topological polar surface area (TPSA) is 32.3 Å². The van der Waals surface area contributed by atoms with Crippen LogP contribution in [-0.4, -0.2) is 23.8 Å². The predicted octanol–water partition coefficient (Wildman–Crippen LogP) is 2.29. The summed E-state index contributed by atoms with van der Waals surface area (Å²) in [6.07, 6.45) is 2.20. The quantitative estimate of drug-likeness (QED) is 0.772. The molecule has 0 aromatic heterocycles. The Morgan fingerprint density at radius 1 is 1.25 bits per heavy atom. The van der Waals surface area contributed by atoms with Gasteiger partial charge in [-0.15, -0.1) is 0 Å². The first-order valence-electron chi connectivity index (χ1n) is 6.04. The van der Waals surface area contributed by atoms with Gasteiger partial charge in [-0.2, -0.15) is 0 Å². The van der Waals surface area contributed by atoms with Gasteiger partial charge in [-0.1, -0.05) is 29.8 Å². The molecule has 16 heavy (non-hydrogen) atoms. The third-order valence-corrected chi connectivity index (χ3v) is 2.79. The first-order chi connectivity index (χ1) is 7.61. The lowest BCUT2D eigenvalue weighted by Crippen LogP contribution is -2.36. The summed E-state index contributed by atoms with van der Waals surface area (Å²) in [5.74, 6) is 0. The molecular formula is C14H23NO. The van der Waals surface area contributed by atoms with Crippen LogP contribution in [0.2, 0.25) is 0 Å². The Morgan fingerprint density at radius 3 is 2.62 bits per heavy atom. The minimum Gasteiger partial charge on any atom is -0.395 e. The van der Waals surface area contributed by atoms with E-state index in [1.165, 1.54) is 11.1 Å². The number of hydrogen-bond acceptors (Lipinski definition) is 2. The van der Waals surface area contributed by atoms with Gasteiger partial charge in [-0.3, -0.25) is 0 Å². The van der Waals surface area contributed by atoms with Gasteiger partial charge in [0, 0.05) is 12.1 Å². The van der Waals surface area contributed by atoms with E-state index in [1.54, 1.807) is 0 Å². The zero-order valence-corrected chi connectivity index (χ0v) is 10.5. The molecule has 0 aliphatic heterocycles. The molecule has 0 amide bonds. The predicted molar refractivity (Wildman–Crippen MR) is 68.6 cm³/mol. The molecule has 90 valence electrons. The van der Waals surface area contributed by atoms with Crippen molar-refractivity contribution in [1.82, 2.24) is 5.32 Å². The van der Waals surface area contributed by atoms with Crippen molar-refractivity contribution in [3.8, 4) is 0 Å². The number of benzene rings is 1. The number of aryl methyl sites for hydroxylation is 2. The van der Waals surface area contributed by atoms with E-state index in [0.717, 1.165) is 12.8 Å². The number of aliphatic hydroxyl groups is 1. The second-order valence-corrected chi connectivity index (χ2v) is 4.68. The van der Waals surface area contributed by atoms with Gasteiger partial charge in [0.2, 0.25) is 0 Å². The maximum absolute atomic E-state index is 8.94. The van der Waals surface area contributed by atoms with Crippen LogP contribution in [-0.2, 0) is 6.42 Å². The molecule has 2 heteroatoms. The molecule has 2 atom stereocenters. The van der Waals surface area contributed by atoms with E-state index in [2.05, 4.69) is 43.4 Å². The Hall–Kier alpha value is -0.860. The molecule has 1 rings (SSSR count). The SMILES string of the molecule is Cc1cccc(CCC(C)NC(C)CO)c1. The van der Waals surface area contributed by atoms with Crippen LogP contribution in [0.3, 0.4) is 0 Å². The summed E-state index contributed by atoms with van der Waals surface area (Å²) in [6, 6.07) is 9.28. The molecule has 2 nitrogen and oxygen atoms in total. The van der Waals surface area contributed by atoms with Crippen LogP contribution in [0.15, 0.2) is 24.3 Å². The lowest BCUT2D eigenvalue weighted by Gasteiger charge is -2.18. The lowest BCUT2D eigenvalue weighted by molar-refractivity contribution is 0.241. The van der Waals surface area contributed by atoms with E-state index < -0.39 is 0 Å². The summed E-state index contributed by atoms with van der Waals surface area (Å²) < 4.78 is 0. The van der Waals surface area contributed by atoms with Crippen LogP contribution >= 0.6 is 0 Å². The molecule has 0 aliphatic carbocycles. The van der Waals surface area contributed by atoms with E-state index in [1.807, 2.05) is 6.92 Å². The molecule has 0 radical (unpaired) electrons. The summed E-state index contributed by atoms with van der Waals surface area (Å²) in [6.45, 7) is 6.50. The van der Waals surface area contributed by atoms with Crippen molar-refractivity contribution in [2.24, 2.45) is 0 Å². The van der Waals surface area contributed by atoms with Gasteiger partial charge in [0.25, 0.3) is 0 Å². The molecule has 0 aliphatic rings. The van der Waals surface area contributed by atoms with Crippen LogP contribution in [0, 0.1) is 6.92 Å². The molecular weight excluding hydrogens is 198 g/mol. The van der Waals surface area contributed by atoms with Crippen LogP contribution in [0.25, 0.3) is 0 Å². The van der Waals surface area contributed by atoms with Crippen molar-refractivity contribution in [2.45, 2.75) is 45.7 Å². The molecule has 0 saturated carbocycles. The zero-order valence-electron chi connectivity index (χ0n) is 10.5. The fourth-order valence-electron chi connectivity index (χ4n) is 1.87. The fraction of sp³-hybridized carbons (Fsp3) is 0.571. The van der Waals surface area contributed by atoms with Crippen molar-refractivity contribution >= 4 is 0 Å². The van der Waals surface area contributed by atoms with Crippen LogP contribution in [0.1, 0.15) is 31.4 Å². The number of hydrogen-bond donors (Lipinski definition) is 2. The Balaban J connectivity index is 2.34. The average Bonchev–Trinajstić information content (AvgIpc) is 2.26. The molecule has 1 aromatic carbocycles. The van der Waals surface area contributed by atoms with Gasteiger partial charge >= 0.3 is 0 Å². The Labute approximate surface area is 98.7 Å². The highest BCUT2D eigenvalue weighted by atomic mass is 16.3. The van der Waals surface area contributed by atoms with Gasteiger partial charge in [-0.25, -0.2) is 0 Å². The third-order valence-electron chi connectivity index (χ3n) is 2.79. The Morgan fingerprint density at radius 2 is 2.00 bits per heavy atom. The van der Waals surface area contributed by atoms with Crippen molar-refractivity contribution in [1.29, 1.82) is 0 Å². The van der Waals surface area contributed by atoms with E-state index >= 15 is 0 Å². The van der Waals surface area contributed by atoms with E-state index in [-0.39, 0.29) is 12.6 Å². The molecule has 0 bridgehead atoms. The molecule has 0 spiro atoms. The lowest BCUT2D eigenvalue weighted by atomic mass is 10.0. The molecule has 2 unspecified atom stereocenters. The van der Waals surface area contributed by atoms with E-state index in [0.29, 0.717) is 6.04 Å².